The van der Waals surface area contributed by atoms with Crippen LogP contribution in [0.1, 0.15) is 19.4 Å². The monoisotopic (exact) mass is 274 g/mol. The number of rotatable bonds is 3. The molecular formula is C14H14N2O4. The van der Waals surface area contributed by atoms with E-state index >= 15 is 0 Å². The standard InChI is InChI=1S/C14H14N2O4/c1-3-16-13(19)11(12(18)14(16)20)9-4-6-10(7-5-9)15-8(2)17/h4-7,18H,3H2,1-2H3,(H,15,17). The highest BCUT2D eigenvalue weighted by molar-refractivity contribution is 6.34. The first-order valence-electron chi connectivity index (χ1n) is 6.13. The zero-order valence-electron chi connectivity index (χ0n) is 11.1. The molecule has 1 heterocycles. The maximum absolute atomic E-state index is 12.0. The third-order valence-corrected chi connectivity index (χ3v) is 2.95. The third kappa shape index (κ3) is 2.27. The van der Waals surface area contributed by atoms with Gasteiger partial charge in [0.25, 0.3) is 11.8 Å². The molecule has 0 atom stereocenters. The van der Waals surface area contributed by atoms with Gasteiger partial charge in [-0.1, -0.05) is 12.1 Å². The van der Waals surface area contributed by atoms with Gasteiger partial charge in [0.1, 0.15) is 0 Å². The Morgan fingerprint density at radius 1 is 1.20 bits per heavy atom. The lowest BCUT2D eigenvalue weighted by Gasteiger charge is -2.10. The number of nitrogens with one attached hydrogen (secondary N) is 1. The van der Waals surface area contributed by atoms with Crippen molar-refractivity contribution in [1.82, 2.24) is 4.90 Å². The third-order valence-electron chi connectivity index (χ3n) is 2.95. The molecule has 6 heteroatoms. The first-order chi connectivity index (χ1) is 9.45. The Kier molecular flexibility index (Phi) is 3.56. The molecule has 1 aromatic rings. The fourth-order valence-corrected chi connectivity index (χ4v) is 2.03. The predicted octanol–water partition coefficient (Wildman–Crippen LogP) is 1.30. The summed E-state index contributed by atoms with van der Waals surface area (Å²) in [6.07, 6.45) is 0. The van der Waals surface area contributed by atoms with Crippen molar-refractivity contribution in [3.63, 3.8) is 0 Å². The number of carbonyl (C=O) groups is 3. The molecule has 20 heavy (non-hydrogen) atoms. The summed E-state index contributed by atoms with van der Waals surface area (Å²) in [4.78, 5) is 35.6. The van der Waals surface area contributed by atoms with Crippen LogP contribution in [0.4, 0.5) is 5.69 Å². The average Bonchev–Trinajstić information content (AvgIpc) is 2.61. The van der Waals surface area contributed by atoms with Gasteiger partial charge in [-0.15, -0.1) is 0 Å². The van der Waals surface area contributed by atoms with Crippen LogP contribution in [-0.4, -0.2) is 34.3 Å². The lowest BCUT2D eigenvalue weighted by Crippen LogP contribution is -2.31. The smallest absolute Gasteiger partial charge is 0.296 e. The first-order valence-corrected chi connectivity index (χ1v) is 6.13. The Balaban J connectivity index is 2.34. The van der Waals surface area contributed by atoms with Crippen molar-refractivity contribution in [3.8, 4) is 0 Å². The number of carbonyl (C=O) groups excluding carboxylic acids is 3. The van der Waals surface area contributed by atoms with Crippen molar-refractivity contribution in [2.75, 3.05) is 11.9 Å². The van der Waals surface area contributed by atoms with Crippen molar-refractivity contribution in [2.24, 2.45) is 0 Å². The molecule has 0 saturated heterocycles. The molecule has 1 aromatic carbocycles. The van der Waals surface area contributed by atoms with Gasteiger partial charge in [0.05, 0.1) is 5.57 Å². The number of hydrogen-bond acceptors (Lipinski definition) is 4. The maximum atomic E-state index is 12.0. The van der Waals surface area contributed by atoms with Crippen molar-refractivity contribution in [3.05, 3.63) is 35.6 Å². The Morgan fingerprint density at radius 2 is 1.80 bits per heavy atom. The number of imide groups is 1. The van der Waals surface area contributed by atoms with Gasteiger partial charge in [-0.2, -0.15) is 0 Å². The number of aliphatic hydroxyl groups excluding tert-OH is 1. The van der Waals surface area contributed by atoms with Crippen LogP contribution >= 0.6 is 0 Å². The Morgan fingerprint density at radius 3 is 2.25 bits per heavy atom. The second-order valence-corrected chi connectivity index (χ2v) is 4.34. The van der Waals surface area contributed by atoms with Crippen molar-refractivity contribution < 1.29 is 19.5 Å². The fraction of sp³-hybridized carbons (Fsp3) is 0.214. The Labute approximate surface area is 115 Å². The minimum Gasteiger partial charge on any atom is -0.502 e. The fourth-order valence-electron chi connectivity index (χ4n) is 2.03. The largest absolute Gasteiger partial charge is 0.502 e. The van der Waals surface area contributed by atoms with Crippen molar-refractivity contribution in [1.29, 1.82) is 0 Å². The molecule has 1 aliphatic rings. The number of nitrogens with zero attached hydrogens (tertiary/aromatic N) is 1. The van der Waals surface area contributed by atoms with E-state index in [9.17, 15) is 19.5 Å². The molecule has 0 spiro atoms. The minimum absolute atomic E-state index is 0.00812. The number of hydrogen-bond donors (Lipinski definition) is 2. The van der Waals surface area contributed by atoms with Crippen LogP contribution in [0.3, 0.4) is 0 Å². The molecule has 0 bridgehead atoms. The molecule has 104 valence electrons. The molecule has 0 fully saturated rings. The lowest BCUT2D eigenvalue weighted by molar-refractivity contribution is -0.137. The van der Waals surface area contributed by atoms with E-state index in [1.807, 2.05) is 0 Å². The summed E-state index contributed by atoms with van der Waals surface area (Å²) >= 11 is 0. The summed E-state index contributed by atoms with van der Waals surface area (Å²) in [6.45, 7) is 3.25. The van der Waals surface area contributed by atoms with E-state index in [0.717, 1.165) is 4.90 Å². The van der Waals surface area contributed by atoms with Crippen LogP contribution in [0.25, 0.3) is 5.57 Å². The normalized spacial score (nSPS) is 15.0. The van der Waals surface area contributed by atoms with Crippen LogP contribution in [0.5, 0.6) is 0 Å². The molecule has 0 aliphatic carbocycles. The van der Waals surface area contributed by atoms with Gasteiger partial charge in [-0.25, -0.2) is 0 Å². The van der Waals surface area contributed by atoms with Crippen molar-refractivity contribution in [2.45, 2.75) is 13.8 Å². The summed E-state index contributed by atoms with van der Waals surface area (Å²) in [7, 11) is 0. The van der Waals surface area contributed by atoms with Gasteiger partial charge in [0.15, 0.2) is 5.76 Å². The minimum atomic E-state index is -0.682. The first kappa shape index (κ1) is 13.8. The summed E-state index contributed by atoms with van der Waals surface area (Å²) in [6, 6.07) is 6.34. The molecular weight excluding hydrogens is 260 g/mol. The number of amides is 3. The van der Waals surface area contributed by atoms with E-state index in [4.69, 9.17) is 0 Å². The molecule has 0 saturated carbocycles. The Hall–Kier alpha value is -2.63. The Bertz CT molecular complexity index is 617. The predicted molar refractivity (Wildman–Crippen MR) is 72.7 cm³/mol. The van der Waals surface area contributed by atoms with E-state index in [0.29, 0.717) is 11.3 Å². The highest BCUT2D eigenvalue weighted by Crippen LogP contribution is 2.28. The quantitative estimate of drug-likeness (QED) is 0.813. The van der Waals surface area contributed by atoms with Crippen LogP contribution in [-0.2, 0) is 14.4 Å². The van der Waals surface area contributed by atoms with Crippen LogP contribution < -0.4 is 5.32 Å². The van der Waals surface area contributed by atoms with E-state index in [1.165, 1.54) is 6.92 Å². The summed E-state index contributed by atoms with van der Waals surface area (Å²) in [5.41, 5.74) is 1.00. The lowest BCUT2D eigenvalue weighted by atomic mass is 10.1. The number of aliphatic hydroxyl groups is 1. The molecule has 2 N–H and O–H groups in total. The van der Waals surface area contributed by atoms with Crippen molar-refractivity contribution >= 4 is 29.0 Å². The molecule has 0 aromatic heterocycles. The maximum Gasteiger partial charge on any atom is 0.296 e. The summed E-state index contributed by atoms with van der Waals surface area (Å²) in [5, 5.41) is 12.4. The topological polar surface area (TPSA) is 86.7 Å². The number of benzene rings is 1. The van der Waals surface area contributed by atoms with Crippen LogP contribution in [0, 0.1) is 0 Å². The molecule has 0 unspecified atom stereocenters. The number of likely N-dealkylation sites (N-methyl/N-ethyl adjacent to an activating group) is 1. The van der Waals surface area contributed by atoms with Gasteiger partial charge < -0.3 is 10.4 Å². The second-order valence-electron chi connectivity index (χ2n) is 4.34. The SMILES string of the molecule is CCN1C(=O)C(O)=C(c2ccc(NC(C)=O)cc2)C1=O. The summed E-state index contributed by atoms with van der Waals surface area (Å²) in [5.74, 6) is -1.94. The van der Waals surface area contributed by atoms with Gasteiger partial charge in [0, 0.05) is 19.2 Å². The van der Waals surface area contributed by atoms with E-state index < -0.39 is 17.6 Å². The zero-order valence-corrected chi connectivity index (χ0v) is 11.1. The molecule has 0 radical (unpaired) electrons. The van der Waals surface area contributed by atoms with Crippen LogP contribution in [0.15, 0.2) is 30.0 Å². The molecule has 6 nitrogen and oxygen atoms in total. The zero-order chi connectivity index (χ0) is 14.9. The highest BCUT2D eigenvalue weighted by Gasteiger charge is 2.38. The van der Waals surface area contributed by atoms with Crippen LogP contribution in [0.2, 0.25) is 0 Å². The highest BCUT2D eigenvalue weighted by atomic mass is 16.3. The van der Waals surface area contributed by atoms with Gasteiger partial charge in [-0.05, 0) is 24.6 Å². The summed E-state index contributed by atoms with van der Waals surface area (Å²) < 4.78 is 0. The number of anilines is 1. The van der Waals surface area contributed by atoms with Gasteiger partial charge in [-0.3, -0.25) is 19.3 Å². The van der Waals surface area contributed by atoms with E-state index in [-0.39, 0.29) is 18.0 Å². The average molecular weight is 274 g/mol. The van der Waals surface area contributed by atoms with E-state index in [1.54, 1.807) is 31.2 Å². The molecule has 1 aliphatic heterocycles. The molecule has 3 amide bonds. The molecule has 2 rings (SSSR count). The van der Waals surface area contributed by atoms with Gasteiger partial charge >= 0.3 is 0 Å². The van der Waals surface area contributed by atoms with E-state index in [2.05, 4.69) is 5.32 Å². The van der Waals surface area contributed by atoms with Gasteiger partial charge in [0.2, 0.25) is 5.91 Å². The second kappa shape index (κ2) is 5.16.